The number of hydrogen-bond acceptors (Lipinski definition) is 5. The normalized spacial score (nSPS) is 22.5. The number of piperazine rings is 1. The number of hydrogen-bond donors (Lipinski definition) is 0. The lowest BCUT2D eigenvalue weighted by atomic mass is 9.97. The Bertz CT molecular complexity index is 785. The molecule has 146 valence electrons. The van der Waals surface area contributed by atoms with Gasteiger partial charge in [-0.05, 0) is 62.7 Å². The molecule has 2 aliphatic rings. The van der Waals surface area contributed by atoms with Gasteiger partial charge < -0.3 is 14.7 Å². The fourth-order valence-corrected chi connectivity index (χ4v) is 4.90. The Morgan fingerprint density at radius 3 is 2.70 bits per heavy atom. The highest BCUT2D eigenvalue weighted by Gasteiger charge is 2.24. The molecule has 3 heterocycles. The number of aromatic nitrogens is 1. The molecule has 1 aromatic heterocycles. The molecular formula is C22H32N4S. The van der Waals surface area contributed by atoms with Gasteiger partial charge in [0, 0.05) is 56.1 Å². The third-order valence-corrected chi connectivity index (χ3v) is 6.89. The fraction of sp³-hybridized carbons (Fsp3) is 0.591. The Balaban J connectivity index is 1.49. The SMILES string of the molecule is CSc1ccc2c(C)cc(N3CCCC(CN4CCN(C)CC4)C3)nc2c1. The molecule has 0 radical (unpaired) electrons. The maximum absolute atomic E-state index is 5.05. The molecule has 4 rings (SSSR count). The van der Waals surface area contributed by atoms with Gasteiger partial charge in [0.15, 0.2) is 0 Å². The van der Waals surface area contributed by atoms with Crippen LogP contribution in [0.4, 0.5) is 5.82 Å². The summed E-state index contributed by atoms with van der Waals surface area (Å²) in [6.07, 6.45) is 4.76. The van der Waals surface area contributed by atoms with Crippen LogP contribution in [-0.4, -0.2) is 73.9 Å². The summed E-state index contributed by atoms with van der Waals surface area (Å²) >= 11 is 1.79. The van der Waals surface area contributed by atoms with Crippen LogP contribution >= 0.6 is 11.8 Å². The van der Waals surface area contributed by atoms with E-state index in [1.807, 2.05) is 0 Å². The van der Waals surface area contributed by atoms with Crippen molar-refractivity contribution in [2.45, 2.75) is 24.7 Å². The minimum absolute atomic E-state index is 0.762. The van der Waals surface area contributed by atoms with Gasteiger partial charge in [-0.15, -0.1) is 11.8 Å². The maximum Gasteiger partial charge on any atom is 0.129 e. The Kier molecular flexibility index (Phi) is 5.90. The lowest BCUT2D eigenvalue weighted by molar-refractivity contribution is 0.131. The van der Waals surface area contributed by atoms with Crippen molar-refractivity contribution in [3.8, 4) is 0 Å². The smallest absolute Gasteiger partial charge is 0.129 e. The largest absolute Gasteiger partial charge is 0.356 e. The van der Waals surface area contributed by atoms with Crippen LogP contribution in [0.3, 0.4) is 0 Å². The molecule has 0 aliphatic carbocycles. The second kappa shape index (κ2) is 8.38. The standard InChI is InChI=1S/C22H32N4S/c1-17-13-22(23-21-14-19(27-3)6-7-20(17)21)26-8-4-5-18(16-26)15-25-11-9-24(2)10-12-25/h6-7,13-14,18H,4-5,8-12,15-16H2,1-3H3. The molecule has 27 heavy (non-hydrogen) atoms. The maximum atomic E-state index is 5.05. The third-order valence-electron chi connectivity index (χ3n) is 6.17. The molecule has 0 amide bonds. The van der Waals surface area contributed by atoms with E-state index >= 15 is 0 Å². The van der Waals surface area contributed by atoms with Crippen LogP contribution < -0.4 is 4.90 Å². The number of pyridine rings is 1. The minimum Gasteiger partial charge on any atom is -0.356 e. The van der Waals surface area contributed by atoms with Crippen molar-refractivity contribution in [3.63, 3.8) is 0 Å². The second-order valence-electron chi connectivity index (χ2n) is 8.24. The summed E-state index contributed by atoms with van der Waals surface area (Å²) in [5, 5.41) is 1.28. The van der Waals surface area contributed by atoms with Crippen molar-refractivity contribution in [2.75, 3.05) is 64.0 Å². The molecule has 5 heteroatoms. The van der Waals surface area contributed by atoms with E-state index in [-0.39, 0.29) is 0 Å². The average molecular weight is 385 g/mol. The molecule has 0 saturated carbocycles. The molecule has 2 aromatic rings. The van der Waals surface area contributed by atoms with Crippen LogP contribution in [0.15, 0.2) is 29.2 Å². The molecule has 1 aromatic carbocycles. The van der Waals surface area contributed by atoms with Crippen LogP contribution in [0.1, 0.15) is 18.4 Å². The van der Waals surface area contributed by atoms with E-state index < -0.39 is 0 Å². The van der Waals surface area contributed by atoms with Gasteiger partial charge in [-0.1, -0.05) is 6.07 Å². The number of piperidine rings is 1. The molecule has 0 bridgehead atoms. The number of likely N-dealkylation sites (N-methyl/N-ethyl adjacent to an activating group) is 1. The third kappa shape index (κ3) is 4.41. The van der Waals surface area contributed by atoms with E-state index in [1.165, 1.54) is 67.2 Å². The lowest BCUT2D eigenvalue weighted by Gasteiger charge is -2.39. The van der Waals surface area contributed by atoms with Crippen molar-refractivity contribution < 1.29 is 0 Å². The molecule has 2 fully saturated rings. The highest BCUT2D eigenvalue weighted by atomic mass is 32.2. The van der Waals surface area contributed by atoms with Crippen LogP contribution in [0, 0.1) is 12.8 Å². The van der Waals surface area contributed by atoms with E-state index in [9.17, 15) is 0 Å². The highest BCUT2D eigenvalue weighted by Crippen LogP contribution is 2.29. The van der Waals surface area contributed by atoms with E-state index in [4.69, 9.17) is 4.98 Å². The monoisotopic (exact) mass is 384 g/mol. The summed E-state index contributed by atoms with van der Waals surface area (Å²) < 4.78 is 0. The van der Waals surface area contributed by atoms with Gasteiger partial charge in [0.25, 0.3) is 0 Å². The average Bonchev–Trinajstić information content (AvgIpc) is 2.69. The van der Waals surface area contributed by atoms with E-state index in [0.717, 1.165) is 24.5 Å². The summed E-state index contributed by atoms with van der Waals surface area (Å²) in [4.78, 5) is 14.0. The van der Waals surface area contributed by atoms with Crippen LogP contribution in [0.2, 0.25) is 0 Å². The van der Waals surface area contributed by atoms with Gasteiger partial charge in [-0.2, -0.15) is 0 Å². The summed E-state index contributed by atoms with van der Waals surface area (Å²) in [5.74, 6) is 1.93. The van der Waals surface area contributed by atoms with E-state index in [1.54, 1.807) is 11.8 Å². The molecular weight excluding hydrogens is 352 g/mol. The van der Waals surface area contributed by atoms with Gasteiger partial charge in [-0.25, -0.2) is 4.98 Å². The number of benzene rings is 1. The summed E-state index contributed by atoms with van der Waals surface area (Å²) in [6, 6.07) is 8.95. The van der Waals surface area contributed by atoms with Crippen LogP contribution in [-0.2, 0) is 0 Å². The van der Waals surface area contributed by atoms with Gasteiger partial charge in [0.1, 0.15) is 5.82 Å². The van der Waals surface area contributed by atoms with Gasteiger partial charge >= 0.3 is 0 Å². The highest BCUT2D eigenvalue weighted by molar-refractivity contribution is 7.98. The summed E-state index contributed by atoms with van der Waals surface area (Å²) in [5.41, 5.74) is 2.47. The van der Waals surface area contributed by atoms with Crippen molar-refractivity contribution in [3.05, 3.63) is 29.8 Å². The van der Waals surface area contributed by atoms with Crippen molar-refractivity contribution >= 4 is 28.5 Å². The molecule has 2 saturated heterocycles. The Hall–Kier alpha value is -1.30. The predicted molar refractivity (Wildman–Crippen MR) is 117 cm³/mol. The second-order valence-corrected chi connectivity index (χ2v) is 9.12. The van der Waals surface area contributed by atoms with Crippen molar-refractivity contribution in [1.82, 2.24) is 14.8 Å². The first-order valence-corrected chi connectivity index (χ1v) is 11.5. The molecule has 1 unspecified atom stereocenters. The zero-order valence-corrected chi connectivity index (χ0v) is 17.8. The summed E-state index contributed by atoms with van der Waals surface area (Å²) in [7, 11) is 2.23. The zero-order chi connectivity index (χ0) is 18.8. The number of nitrogens with zero attached hydrogens (tertiary/aromatic N) is 4. The van der Waals surface area contributed by atoms with Crippen LogP contribution in [0.25, 0.3) is 10.9 Å². The van der Waals surface area contributed by atoms with E-state index in [0.29, 0.717) is 0 Å². The number of thioether (sulfide) groups is 1. The molecule has 2 aliphatic heterocycles. The minimum atomic E-state index is 0.762. The first-order chi connectivity index (χ1) is 13.1. The van der Waals surface area contributed by atoms with Crippen LogP contribution in [0.5, 0.6) is 0 Å². The number of rotatable bonds is 4. The quantitative estimate of drug-likeness (QED) is 0.747. The molecule has 0 N–H and O–H groups in total. The first-order valence-electron chi connectivity index (χ1n) is 10.2. The number of fused-ring (bicyclic) bond motifs is 1. The number of anilines is 1. The molecule has 4 nitrogen and oxygen atoms in total. The van der Waals surface area contributed by atoms with Gasteiger partial charge in [0.2, 0.25) is 0 Å². The number of aryl methyl sites for hydroxylation is 1. The van der Waals surface area contributed by atoms with E-state index in [2.05, 4.69) is 59.2 Å². The summed E-state index contributed by atoms with van der Waals surface area (Å²) in [6.45, 7) is 10.6. The van der Waals surface area contributed by atoms with Gasteiger partial charge in [-0.3, -0.25) is 0 Å². The Morgan fingerprint density at radius 1 is 1.11 bits per heavy atom. The Morgan fingerprint density at radius 2 is 1.93 bits per heavy atom. The predicted octanol–water partition coefficient (Wildman–Crippen LogP) is 3.73. The molecule has 1 atom stereocenters. The lowest BCUT2D eigenvalue weighted by Crippen LogP contribution is -2.48. The van der Waals surface area contributed by atoms with Crippen molar-refractivity contribution in [1.29, 1.82) is 0 Å². The Labute approximate surface area is 167 Å². The topological polar surface area (TPSA) is 22.6 Å². The zero-order valence-electron chi connectivity index (χ0n) is 16.9. The van der Waals surface area contributed by atoms with Crippen molar-refractivity contribution in [2.24, 2.45) is 5.92 Å². The van der Waals surface area contributed by atoms with Gasteiger partial charge in [0.05, 0.1) is 5.52 Å². The fourth-order valence-electron chi connectivity index (χ4n) is 4.47. The molecule has 0 spiro atoms. The first kappa shape index (κ1) is 19.0.